The number of carboxylic acid groups (broad SMARTS) is 1. The molecule has 1 unspecified atom stereocenters. The number of carbonyl (C=O) groups excluding carboxylic acids is 1. The van der Waals surface area contributed by atoms with Crippen LogP contribution in [0.25, 0.3) is 0 Å². The van der Waals surface area contributed by atoms with E-state index in [4.69, 9.17) is 13.8 Å². The zero-order valence-electron chi connectivity index (χ0n) is 15.6. The Morgan fingerprint density at radius 2 is 1.69 bits per heavy atom. The highest BCUT2D eigenvalue weighted by molar-refractivity contribution is 7.55. The Morgan fingerprint density at radius 1 is 1.15 bits per heavy atom. The van der Waals surface area contributed by atoms with E-state index >= 15 is 0 Å². The van der Waals surface area contributed by atoms with E-state index in [2.05, 4.69) is 5.32 Å². The van der Waals surface area contributed by atoms with E-state index in [1.54, 1.807) is 51.1 Å². The van der Waals surface area contributed by atoms with Crippen molar-refractivity contribution in [1.82, 2.24) is 5.32 Å². The lowest BCUT2D eigenvalue weighted by atomic mass is 10.1. The molecule has 0 heterocycles. The molecule has 0 bridgehead atoms. The van der Waals surface area contributed by atoms with Crippen molar-refractivity contribution < 1.29 is 33.0 Å². The first-order valence-corrected chi connectivity index (χ1v) is 9.60. The maximum absolute atomic E-state index is 12.8. The highest BCUT2D eigenvalue weighted by Gasteiger charge is 2.44. The number of nitrogens with one attached hydrogen (secondary N) is 1. The maximum atomic E-state index is 12.8. The minimum atomic E-state index is -3.98. The Morgan fingerprint density at radius 3 is 2.12 bits per heavy atom. The van der Waals surface area contributed by atoms with Gasteiger partial charge >= 0.3 is 19.5 Å². The molecule has 0 aliphatic carbocycles. The van der Waals surface area contributed by atoms with E-state index in [1.165, 1.54) is 0 Å². The van der Waals surface area contributed by atoms with Crippen LogP contribution in [0.4, 0.5) is 0 Å². The van der Waals surface area contributed by atoms with Gasteiger partial charge in [0.1, 0.15) is 11.6 Å². The summed E-state index contributed by atoms with van der Waals surface area (Å²) in [6.07, 6.45) is 0.0723. The smallest absolute Gasteiger partial charge is 0.358 e. The normalized spacial score (nSPS) is 14.5. The van der Waals surface area contributed by atoms with Crippen molar-refractivity contribution in [2.24, 2.45) is 0 Å². The van der Waals surface area contributed by atoms with Crippen molar-refractivity contribution in [3.8, 4) is 0 Å². The van der Waals surface area contributed by atoms with Gasteiger partial charge in [0.2, 0.25) is 5.78 Å². The van der Waals surface area contributed by atoms with Gasteiger partial charge in [0.25, 0.3) is 0 Å². The van der Waals surface area contributed by atoms with Crippen LogP contribution in [0.3, 0.4) is 0 Å². The summed E-state index contributed by atoms with van der Waals surface area (Å²) in [6.45, 7) is 4.93. The molecule has 146 valence electrons. The van der Waals surface area contributed by atoms with Gasteiger partial charge in [-0.05, 0) is 32.8 Å². The van der Waals surface area contributed by atoms with Gasteiger partial charge in [0.05, 0.1) is 0 Å². The van der Waals surface area contributed by atoms with E-state index in [0.29, 0.717) is 0 Å². The van der Waals surface area contributed by atoms with Crippen LogP contribution in [-0.4, -0.2) is 48.7 Å². The van der Waals surface area contributed by atoms with E-state index in [9.17, 15) is 19.3 Å². The van der Waals surface area contributed by atoms with Crippen molar-refractivity contribution in [2.75, 3.05) is 14.2 Å². The Kier molecular flexibility index (Phi) is 7.96. The van der Waals surface area contributed by atoms with Crippen LogP contribution in [-0.2, 0) is 34.4 Å². The molecule has 0 aliphatic heterocycles. The predicted octanol–water partition coefficient (Wildman–Crippen LogP) is 2.43. The molecule has 9 heteroatoms. The zero-order valence-corrected chi connectivity index (χ0v) is 16.5. The lowest BCUT2D eigenvalue weighted by Gasteiger charge is -2.29. The summed E-state index contributed by atoms with van der Waals surface area (Å²) in [5.41, 5.74) is -0.124. The summed E-state index contributed by atoms with van der Waals surface area (Å²) < 4.78 is 27.8. The van der Waals surface area contributed by atoms with E-state index < -0.39 is 37.0 Å². The number of aliphatic carboxylic acids is 1. The Labute approximate surface area is 153 Å². The van der Waals surface area contributed by atoms with Gasteiger partial charge in [0.15, 0.2) is 0 Å². The summed E-state index contributed by atoms with van der Waals surface area (Å²) >= 11 is 0. The molecule has 0 spiro atoms. The molecule has 26 heavy (non-hydrogen) atoms. The summed E-state index contributed by atoms with van der Waals surface area (Å²) in [5.74, 6) is -3.70. The lowest BCUT2D eigenvalue weighted by Crippen LogP contribution is -2.50. The monoisotopic (exact) mass is 387 g/mol. The van der Waals surface area contributed by atoms with Gasteiger partial charge in [-0.3, -0.25) is 14.7 Å². The standard InChI is InChI=1S/C17H26NO7P/c1-17(2,3)25-16(21)14(26(22,23-4)24-5)18-13(15(19)20)11-12-9-7-6-8-10-12/h6-10,13-14,18H,11H2,1-5H3,(H,19,20)/t13-,14?/m0/s1. The van der Waals surface area contributed by atoms with Crippen LogP contribution in [0.2, 0.25) is 0 Å². The number of hydrogen-bond donors (Lipinski definition) is 2. The van der Waals surface area contributed by atoms with Crippen molar-refractivity contribution in [1.29, 1.82) is 0 Å². The van der Waals surface area contributed by atoms with Crippen molar-refractivity contribution in [2.45, 2.75) is 44.6 Å². The topological polar surface area (TPSA) is 111 Å². The molecule has 0 aliphatic rings. The van der Waals surface area contributed by atoms with Gasteiger partial charge in [-0.1, -0.05) is 30.3 Å². The third-order valence-electron chi connectivity index (χ3n) is 3.40. The first kappa shape index (κ1) is 22.3. The number of ether oxygens (including phenoxy) is 1. The van der Waals surface area contributed by atoms with Crippen molar-refractivity contribution in [3.05, 3.63) is 35.9 Å². The summed E-state index contributed by atoms with van der Waals surface area (Å²) in [6, 6.07) is 7.66. The fourth-order valence-electron chi connectivity index (χ4n) is 2.19. The summed E-state index contributed by atoms with van der Waals surface area (Å²) in [5, 5.41) is 12.1. The average molecular weight is 387 g/mol. The number of benzene rings is 1. The van der Waals surface area contributed by atoms with Gasteiger partial charge in [-0.2, -0.15) is 0 Å². The molecule has 0 radical (unpaired) electrons. The molecule has 1 aromatic rings. The quantitative estimate of drug-likeness (QED) is 0.491. The van der Waals surface area contributed by atoms with E-state index in [-0.39, 0.29) is 6.42 Å². The van der Waals surface area contributed by atoms with Gasteiger partial charge in [-0.25, -0.2) is 4.79 Å². The van der Waals surface area contributed by atoms with Gasteiger partial charge in [-0.15, -0.1) is 0 Å². The van der Waals surface area contributed by atoms with E-state index in [1.807, 2.05) is 0 Å². The van der Waals surface area contributed by atoms with Crippen LogP contribution in [0.1, 0.15) is 26.3 Å². The second-order valence-corrected chi connectivity index (χ2v) is 8.91. The van der Waals surface area contributed by atoms with Crippen LogP contribution in [0.5, 0.6) is 0 Å². The van der Waals surface area contributed by atoms with Crippen molar-refractivity contribution in [3.63, 3.8) is 0 Å². The molecule has 8 nitrogen and oxygen atoms in total. The number of rotatable bonds is 9. The molecule has 2 N–H and O–H groups in total. The molecule has 0 aromatic heterocycles. The minimum absolute atomic E-state index is 0.0723. The SMILES string of the molecule is COP(=O)(OC)C(N[C@@H](Cc1ccccc1)C(=O)O)C(=O)OC(C)(C)C. The number of hydrogen-bond acceptors (Lipinski definition) is 7. The second kappa shape index (κ2) is 9.28. The first-order valence-electron chi connectivity index (χ1n) is 7.99. The third kappa shape index (κ3) is 6.53. The second-order valence-electron chi connectivity index (χ2n) is 6.59. The fourth-order valence-corrected chi connectivity index (χ4v) is 3.43. The molecule has 0 fully saturated rings. The van der Waals surface area contributed by atoms with Crippen LogP contribution in [0.15, 0.2) is 30.3 Å². The molecule has 0 amide bonds. The number of esters is 1. The average Bonchev–Trinajstić information content (AvgIpc) is 2.56. The highest BCUT2D eigenvalue weighted by atomic mass is 31.2. The van der Waals surface area contributed by atoms with Crippen LogP contribution >= 0.6 is 7.60 Å². The maximum Gasteiger partial charge on any atom is 0.358 e. The van der Waals surface area contributed by atoms with E-state index in [0.717, 1.165) is 19.8 Å². The molecule has 1 rings (SSSR count). The van der Waals surface area contributed by atoms with Crippen LogP contribution < -0.4 is 5.32 Å². The molecule has 0 saturated carbocycles. The summed E-state index contributed by atoms with van der Waals surface area (Å²) in [7, 11) is -1.74. The predicted molar refractivity (Wildman–Crippen MR) is 96.0 cm³/mol. The third-order valence-corrected chi connectivity index (χ3v) is 5.41. The molecule has 2 atom stereocenters. The Balaban J connectivity index is 3.13. The Bertz CT molecular complexity index is 649. The molecule has 0 saturated heterocycles. The fraction of sp³-hybridized carbons (Fsp3) is 0.529. The summed E-state index contributed by atoms with van der Waals surface area (Å²) in [4.78, 5) is 24.2. The van der Waals surface area contributed by atoms with Crippen LogP contribution in [0, 0.1) is 0 Å². The number of carbonyl (C=O) groups is 2. The van der Waals surface area contributed by atoms with Gasteiger partial charge < -0.3 is 18.9 Å². The molecular formula is C17H26NO7P. The first-order chi connectivity index (χ1) is 12.0. The Hall–Kier alpha value is -1.73. The molecular weight excluding hydrogens is 361 g/mol. The largest absolute Gasteiger partial charge is 0.480 e. The van der Waals surface area contributed by atoms with Crippen molar-refractivity contribution >= 4 is 19.5 Å². The zero-order chi connectivity index (χ0) is 20.0. The number of carboxylic acids is 1. The van der Waals surface area contributed by atoms with Gasteiger partial charge in [0, 0.05) is 14.2 Å². The molecule has 1 aromatic carbocycles. The minimum Gasteiger partial charge on any atom is -0.480 e. The highest BCUT2D eigenvalue weighted by Crippen LogP contribution is 2.51. The lowest BCUT2D eigenvalue weighted by molar-refractivity contribution is -0.156.